The van der Waals surface area contributed by atoms with Crippen molar-refractivity contribution in [3.8, 4) is 5.75 Å². The van der Waals surface area contributed by atoms with Gasteiger partial charge in [-0.15, -0.1) is 0 Å². The fourth-order valence-corrected chi connectivity index (χ4v) is 1.84. The first-order chi connectivity index (χ1) is 6.36. The van der Waals surface area contributed by atoms with E-state index in [9.17, 15) is 8.42 Å². The standard InChI is InChI=1S/C8H12N2O3S/c1-5-3-6(14(10,11)12)4-7(9)8(5)13-2/h3-4H,9H2,1-2H3,(H2,10,11,12). The molecule has 0 fully saturated rings. The number of nitrogen functional groups attached to an aromatic ring is 1. The molecular weight excluding hydrogens is 204 g/mol. The molecule has 0 aliphatic heterocycles. The van der Waals surface area contributed by atoms with Gasteiger partial charge in [0.25, 0.3) is 0 Å². The van der Waals surface area contributed by atoms with Gasteiger partial charge in [0.2, 0.25) is 10.0 Å². The average Bonchev–Trinajstić information content (AvgIpc) is 2.01. The summed E-state index contributed by atoms with van der Waals surface area (Å²) in [4.78, 5) is -0.00620. The SMILES string of the molecule is COc1c(C)cc(S(N)(=O)=O)cc1N. The Morgan fingerprint density at radius 3 is 2.29 bits per heavy atom. The van der Waals surface area contributed by atoms with Gasteiger partial charge in [0.05, 0.1) is 17.7 Å². The molecule has 0 saturated heterocycles. The summed E-state index contributed by atoms with van der Waals surface area (Å²) >= 11 is 0. The Kier molecular flexibility index (Phi) is 2.68. The molecule has 0 heterocycles. The summed E-state index contributed by atoms with van der Waals surface area (Å²) in [6.07, 6.45) is 0. The number of rotatable bonds is 2. The third kappa shape index (κ3) is 1.97. The normalized spacial score (nSPS) is 11.4. The van der Waals surface area contributed by atoms with Gasteiger partial charge in [-0.25, -0.2) is 13.6 Å². The Morgan fingerprint density at radius 2 is 1.93 bits per heavy atom. The molecule has 4 N–H and O–H groups in total. The van der Waals surface area contributed by atoms with Gasteiger partial charge in [-0.1, -0.05) is 0 Å². The van der Waals surface area contributed by atoms with Crippen LogP contribution >= 0.6 is 0 Å². The molecule has 0 saturated carbocycles. The number of hydrogen-bond donors (Lipinski definition) is 2. The minimum absolute atomic E-state index is 0.00620. The van der Waals surface area contributed by atoms with Crippen LogP contribution in [-0.4, -0.2) is 15.5 Å². The predicted octanol–water partition coefficient (Wildman–Crippen LogP) is 0.233. The van der Waals surface area contributed by atoms with Crippen molar-refractivity contribution in [2.75, 3.05) is 12.8 Å². The highest BCUT2D eigenvalue weighted by molar-refractivity contribution is 7.89. The van der Waals surface area contributed by atoms with E-state index in [1.54, 1.807) is 6.92 Å². The van der Waals surface area contributed by atoms with Gasteiger partial charge in [-0.2, -0.15) is 0 Å². The largest absolute Gasteiger partial charge is 0.494 e. The van der Waals surface area contributed by atoms with Crippen LogP contribution in [0.2, 0.25) is 0 Å². The molecule has 0 bridgehead atoms. The van der Waals surface area contributed by atoms with Crippen LogP contribution in [0.15, 0.2) is 17.0 Å². The van der Waals surface area contributed by atoms with Gasteiger partial charge in [0.15, 0.2) is 0 Å². The fourth-order valence-electron chi connectivity index (χ4n) is 1.21. The number of ether oxygens (including phenoxy) is 1. The van der Waals surface area contributed by atoms with E-state index in [1.807, 2.05) is 0 Å². The van der Waals surface area contributed by atoms with E-state index in [4.69, 9.17) is 15.6 Å². The monoisotopic (exact) mass is 216 g/mol. The Hall–Kier alpha value is -1.27. The summed E-state index contributed by atoms with van der Waals surface area (Å²) in [5, 5.41) is 4.96. The maximum atomic E-state index is 11.0. The Morgan fingerprint density at radius 1 is 1.36 bits per heavy atom. The zero-order chi connectivity index (χ0) is 10.9. The summed E-state index contributed by atoms with van der Waals surface area (Å²) in [6.45, 7) is 1.70. The quantitative estimate of drug-likeness (QED) is 0.692. The lowest BCUT2D eigenvalue weighted by Crippen LogP contribution is -2.13. The van der Waals surface area contributed by atoms with E-state index in [1.165, 1.54) is 19.2 Å². The van der Waals surface area contributed by atoms with Crippen LogP contribution in [-0.2, 0) is 10.0 Å². The first-order valence-corrected chi connectivity index (χ1v) is 5.38. The molecule has 6 heteroatoms. The molecule has 0 unspecified atom stereocenters. The molecule has 0 spiro atoms. The highest BCUT2D eigenvalue weighted by Crippen LogP contribution is 2.28. The van der Waals surface area contributed by atoms with Crippen LogP contribution in [0.5, 0.6) is 5.75 Å². The first-order valence-electron chi connectivity index (χ1n) is 3.83. The van der Waals surface area contributed by atoms with E-state index in [-0.39, 0.29) is 10.6 Å². The minimum atomic E-state index is -3.71. The van der Waals surface area contributed by atoms with Crippen molar-refractivity contribution in [3.05, 3.63) is 17.7 Å². The number of methoxy groups -OCH3 is 1. The second-order valence-electron chi connectivity index (χ2n) is 2.91. The number of aryl methyl sites for hydroxylation is 1. The summed E-state index contributed by atoms with van der Waals surface area (Å²) in [7, 11) is -2.24. The molecule has 78 valence electrons. The molecule has 1 rings (SSSR count). The molecule has 14 heavy (non-hydrogen) atoms. The maximum absolute atomic E-state index is 11.0. The number of sulfonamides is 1. The molecule has 0 aromatic heterocycles. The van der Waals surface area contributed by atoms with Gasteiger partial charge in [0.1, 0.15) is 5.75 Å². The maximum Gasteiger partial charge on any atom is 0.238 e. The first kappa shape index (κ1) is 10.8. The number of benzene rings is 1. The highest BCUT2D eigenvalue weighted by Gasteiger charge is 2.12. The van der Waals surface area contributed by atoms with Gasteiger partial charge in [0, 0.05) is 0 Å². The highest BCUT2D eigenvalue weighted by atomic mass is 32.2. The number of nitrogens with two attached hydrogens (primary N) is 2. The lowest BCUT2D eigenvalue weighted by Gasteiger charge is -2.09. The molecule has 0 amide bonds. The molecule has 0 radical (unpaired) electrons. The lowest BCUT2D eigenvalue weighted by atomic mass is 10.2. The van der Waals surface area contributed by atoms with Crippen molar-refractivity contribution in [1.82, 2.24) is 0 Å². The van der Waals surface area contributed by atoms with Crippen molar-refractivity contribution in [2.24, 2.45) is 5.14 Å². The van der Waals surface area contributed by atoms with Crippen molar-refractivity contribution in [2.45, 2.75) is 11.8 Å². The van der Waals surface area contributed by atoms with Crippen molar-refractivity contribution >= 4 is 15.7 Å². The van der Waals surface area contributed by atoms with E-state index in [0.29, 0.717) is 11.3 Å². The van der Waals surface area contributed by atoms with Crippen molar-refractivity contribution in [3.63, 3.8) is 0 Å². The van der Waals surface area contributed by atoms with Gasteiger partial charge >= 0.3 is 0 Å². The molecule has 0 aliphatic carbocycles. The molecule has 5 nitrogen and oxygen atoms in total. The van der Waals surface area contributed by atoms with Crippen LogP contribution in [0.3, 0.4) is 0 Å². The average molecular weight is 216 g/mol. The third-order valence-electron chi connectivity index (χ3n) is 1.81. The van der Waals surface area contributed by atoms with E-state index >= 15 is 0 Å². The topological polar surface area (TPSA) is 95.4 Å². The van der Waals surface area contributed by atoms with Crippen LogP contribution < -0.4 is 15.6 Å². The van der Waals surface area contributed by atoms with Gasteiger partial charge in [-0.05, 0) is 24.6 Å². The van der Waals surface area contributed by atoms with Crippen LogP contribution in [0.25, 0.3) is 0 Å². The second kappa shape index (κ2) is 3.47. The summed E-state index contributed by atoms with van der Waals surface area (Å²) in [5.74, 6) is 0.470. The minimum Gasteiger partial charge on any atom is -0.494 e. The molecule has 1 aromatic carbocycles. The summed E-state index contributed by atoms with van der Waals surface area (Å²) in [5.41, 5.74) is 6.48. The molecule has 0 atom stereocenters. The fraction of sp³-hybridized carbons (Fsp3) is 0.250. The van der Waals surface area contributed by atoms with Crippen LogP contribution in [0.1, 0.15) is 5.56 Å². The Bertz CT molecular complexity index is 431. The zero-order valence-electron chi connectivity index (χ0n) is 7.94. The summed E-state index contributed by atoms with van der Waals surface area (Å²) < 4.78 is 27.0. The lowest BCUT2D eigenvalue weighted by molar-refractivity contribution is 0.413. The van der Waals surface area contributed by atoms with E-state index < -0.39 is 10.0 Å². The van der Waals surface area contributed by atoms with E-state index in [0.717, 1.165) is 0 Å². The van der Waals surface area contributed by atoms with E-state index in [2.05, 4.69) is 0 Å². The van der Waals surface area contributed by atoms with Crippen molar-refractivity contribution in [1.29, 1.82) is 0 Å². The smallest absolute Gasteiger partial charge is 0.238 e. The Balaban J connectivity index is 3.43. The molecule has 1 aromatic rings. The van der Waals surface area contributed by atoms with Gasteiger partial charge in [-0.3, -0.25) is 0 Å². The third-order valence-corrected chi connectivity index (χ3v) is 2.70. The number of primary sulfonamides is 1. The van der Waals surface area contributed by atoms with Gasteiger partial charge < -0.3 is 10.5 Å². The predicted molar refractivity (Wildman–Crippen MR) is 53.5 cm³/mol. The van der Waals surface area contributed by atoms with Crippen LogP contribution in [0, 0.1) is 6.92 Å². The summed E-state index contributed by atoms with van der Waals surface area (Å²) in [6, 6.07) is 2.70. The van der Waals surface area contributed by atoms with Crippen molar-refractivity contribution < 1.29 is 13.2 Å². The molecular formula is C8H12N2O3S. The Labute approximate surface area is 82.7 Å². The number of anilines is 1. The zero-order valence-corrected chi connectivity index (χ0v) is 8.76. The second-order valence-corrected chi connectivity index (χ2v) is 4.47. The molecule has 0 aliphatic rings. The number of hydrogen-bond acceptors (Lipinski definition) is 4. The van der Waals surface area contributed by atoms with Crippen LogP contribution in [0.4, 0.5) is 5.69 Å².